The number of thiophene rings is 1. The smallest absolute Gasteiger partial charge is 0.250 e. The monoisotopic (exact) mass is 375 g/mol. The Balaban J connectivity index is 2.00. The van der Waals surface area contributed by atoms with Crippen molar-refractivity contribution in [1.82, 2.24) is 4.72 Å². The lowest BCUT2D eigenvalue weighted by Gasteiger charge is -2.23. The molecule has 0 aliphatic heterocycles. The van der Waals surface area contributed by atoms with Gasteiger partial charge in [0.2, 0.25) is 10.0 Å². The average Bonchev–Trinajstić information content (AvgIpc) is 2.93. The molecule has 23 heavy (non-hydrogen) atoms. The summed E-state index contributed by atoms with van der Waals surface area (Å²) in [6.07, 6.45) is 0.310. The van der Waals surface area contributed by atoms with Crippen LogP contribution in [0.25, 0.3) is 0 Å². The number of nitrogens with one attached hydrogen (secondary N) is 1. The minimum absolute atomic E-state index is 0.100. The molecule has 2 aromatic rings. The lowest BCUT2D eigenvalue weighted by molar-refractivity contribution is 0.0657. The van der Waals surface area contributed by atoms with Crippen LogP contribution in [0.4, 0.5) is 0 Å². The molecule has 0 amide bonds. The van der Waals surface area contributed by atoms with Crippen LogP contribution in [-0.2, 0) is 16.4 Å². The number of sulfonamides is 1. The maximum atomic E-state index is 12.1. The van der Waals surface area contributed by atoms with Crippen LogP contribution in [0, 0.1) is 0 Å². The van der Waals surface area contributed by atoms with Crippen molar-refractivity contribution < 1.29 is 18.3 Å². The zero-order valence-electron chi connectivity index (χ0n) is 12.7. The van der Waals surface area contributed by atoms with Gasteiger partial charge in [-0.25, -0.2) is 13.1 Å². The van der Waals surface area contributed by atoms with Gasteiger partial charge in [0.25, 0.3) is 0 Å². The maximum absolute atomic E-state index is 12.1. The van der Waals surface area contributed by atoms with E-state index in [9.17, 15) is 13.5 Å². The summed E-state index contributed by atoms with van der Waals surface area (Å²) in [5.41, 5.74) is -0.336. The van der Waals surface area contributed by atoms with E-state index in [4.69, 9.17) is 16.3 Å². The van der Waals surface area contributed by atoms with Crippen molar-refractivity contribution in [2.45, 2.75) is 23.2 Å². The lowest BCUT2D eigenvalue weighted by Crippen LogP contribution is -2.42. The van der Waals surface area contributed by atoms with E-state index >= 15 is 0 Å². The van der Waals surface area contributed by atoms with Crippen molar-refractivity contribution in [3.63, 3.8) is 0 Å². The fourth-order valence-electron chi connectivity index (χ4n) is 2.01. The molecular formula is C15H18ClNO4S2. The second kappa shape index (κ2) is 7.19. The van der Waals surface area contributed by atoms with Crippen molar-refractivity contribution in [3.8, 4) is 5.75 Å². The van der Waals surface area contributed by atoms with Gasteiger partial charge in [-0.1, -0.05) is 23.7 Å². The van der Waals surface area contributed by atoms with Crippen LogP contribution in [0.5, 0.6) is 5.75 Å². The molecule has 0 fully saturated rings. The molecule has 5 nitrogen and oxygen atoms in total. The predicted octanol–water partition coefficient (Wildman–Crippen LogP) is 2.68. The molecular weight excluding hydrogens is 358 g/mol. The van der Waals surface area contributed by atoms with Crippen LogP contribution in [0.15, 0.2) is 40.6 Å². The standard InChI is InChI=1S/C15H18ClNO4S2/c1-15(18,9-11-3-5-12(21-2)6-4-11)10-17-23(19,20)14-8-7-13(16)22-14/h3-8,17-18H,9-10H2,1-2H3/t15-/m0/s1. The molecule has 126 valence electrons. The van der Waals surface area contributed by atoms with Gasteiger partial charge in [-0.3, -0.25) is 0 Å². The molecule has 8 heteroatoms. The Morgan fingerprint density at radius 2 is 1.91 bits per heavy atom. The second-order valence-corrected chi connectivity index (χ2v) is 9.11. The van der Waals surface area contributed by atoms with Crippen molar-refractivity contribution in [2.24, 2.45) is 0 Å². The fourth-order valence-corrected chi connectivity index (χ4v) is 4.70. The first-order chi connectivity index (χ1) is 10.7. The Morgan fingerprint density at radius 1 is 1.26 bits per heavy atom. The van der Waals surface area contributed by atoms with E-state index in [0.29, 0.717) is 10.8 Å². The molecule has 0 aliphatic rings. The summed E-state index contributed by atoms with van der Waals surface area (Å²) in [6, 6.07) is 10.2. The van der Waals surface area contributed by atoms with Gasteiger partial charge in [0.15, 0.2) is 0 Å². The molecule has 1 heterocycles. The van der Waals surface area contributed by atoms with Crippen molar-refractivity contribution >= 4 is 33.0 Å². The highest BCUT2D eigenvalue weighted by atomic mass is 35.5. The van der Waals surface area contributed by atoms with Gasteiger partial charge >= 0.3 is 0 Å². The van der Waals surface area contributed by atoms with Gasteiger partial charge in [-0.2, -0.15) is 0 Å². The molecule has 0 saturated carbocycles. The average molecular weight is 376 g/mol. The summed E-state index contributed by atoms with van der Waals surface area (Å²) in [4.78, 5) is 0. The molecule has 2 N–H and O–H groups in total. The summed E-state index contributed by atoms with van der Waals surface area (Å²) in [6.45, 7) is 1.48. The number of rotatable bonds is 7. The van der Waals surface area contributed by atoms with Gasteiger partial charge in [0.05, 0.1) is 17.0 Å². The fraction of sp³-hybridized carbons (Fsp3) is 0.333. The maximum Gasteiger partial charge on any atom is 0.250 e. The number of benzene rings is 1. The summed E-state index contributed by atoms with van der Waals surface area (Å²) in [7, 11) is -2.09. The van der Waals surface area contributed by atoms with Crippen molar-refractivity contribution in [1.29, 1.82) is 0 Å². The highest BCUT2D eigenvalue weighted by Gasteiger charge is 2.25. The number of aliphatic hydroxyl groups is 1. The predicted molar refractivity (Wildman–Crippen MR) is 91.8 cm³/mol. The zero-order chi connectivity index (χ0) is 17.1. The molecule has 0 saturated heterocycles. The quantitative estimate of drug-likeness (QED) is 0.780. The minimum atomic E-state index is -3.67. The zero-order valence-corrected chi connectivity index (χ0v) is 15.1. The highest BCUT2D eigenvalue weighted by Crippen LogP contribution is 2.25. The van der Waals surface area contributed by atoms with Crippen LogP contribution >= 0.6 is 22.9 Å². The molecule has 0 aliphatic carbocycles. The van der Waals surface area contributed by atoms with E-state index < -0.39 is 15.6 Å². The highest BCUT2D eigenvalue weighted by molar-refractivity contribution is 7.91. The van der Waals surface area contributed by atoms with E-state index in [2.05, 4.69) is 4.72 Å². The van der Waals surface area contributed by atoms with Gasteiger partial charge in [-0.15, -0.1) is 11.3 Å². The van der Waals surface area contributed by atoms with Gasteiger partial charge in [-0.05, 0) is 36.8 Å². The molecule has 1 aromatic carbocycles. The molecule has 1 atom stereocenters. The first kappa shape index (κ1) is 18.2. The van der Waals surface area contributed by atoms with E-state index in [1.54, 1.807) is 26.2 Å². The second-order valence-electron chi connectivity index (χ2n) is 5.40. The number of ether oxygens (including phenoxy) is 1. The Morgan fingerprint density at radius 3 is 2.43 bits per heavy atom. The van der Waals surface area contributed by atoms with Crippen LogP contribution in [0.1, 0.15) is 12.5 Å². The van der Waals surface area contributed by atoms with Gasteiger partial charge < -0.3 is 9.84 Å². The van der Waals surface area contributed by atoms with Crippen LogP contribution in [0.3, 0.4) is 0 Å². The summed E-state index contributed by atoms with van der Waals surface area (Å²) >= 11 is 6.73. The molecule has 0 radical (unpaired) electrons. The molecule has 0 bridgehead atoms. The summed E-state index contributed by atoms with van der Waals surface area (Å²) in [5.74, 6) is 0.726. The van der Waals surface area contributed by atoms with Crippen molar-refractivity contribution in [3.05, 3.63) is 46.3 Å². The number of halogens is 1. The lowest BCUT2D eigenvalue weighted by atomic mass is 9.97. The van der Waals surface area contributed by atoms with E-state index in [1.807, 2.05) is 12.1 Å². The van der Waals surface area contributed by atoms with E-state index in [0.717, 1.165) is 22.6 Å². The summed E-state index contributed by atoms with van der Waals surface area (Å²) in [5, 5.41) is 10.4. The Bertz CT molecular complexity index is 754. The molecule has 0 spiro atoms. The Kier molecular flexibility index (Phi) is 5.70. The van der Waals surface area contributed by atoms with E-state index in [1.165, 1.54) is 12.1 Å². The first-order valence-electron chi connectivity index (χ1n) is 6.82. The van der Waals surface area contributed by atoms with Crippen molar-refractivity contribution in [2.75, 3.05) is 13.7 Å². The molecule has 2 rings (SSSR count). The van der Waals surface area contributed by atoms with E-state index in [-0.39, 0.29) is 10.8 Å². The van der Waals surface area contributed by atoms with Crippen LogP contribution < -0.4 is 9.46 Å². The third kappa shape index (κ3) is 5.19. The summed E-state index contributed by atoms with van der Waals surface area (Å²) < 4.78 is 32.3. The third-order valence-corrected chi connectivity index (χ3v) is 6.32. The molecule has 0 unspecified atom stereocenters. The SMILES string of the molecule is COc1ccc(C[C@](C)(O)CNS(=O)(=O)c2ccc(Cl)s2)cc1. The van der Waals surface area contributed by atoms with Gasteiger partial charge in [0.1, 0.15) is 9.96 Å². The van der Waals surface area contributed by atoms with Gasteiger partial charge in [0, 0.05) is 13.0 Å². The van der Waals surface area contributed by atoms with Crippen LogP contribution in [-0.4, -0.2) is 32.8 Å². The third-order valence-electron chi connectivity index (χ3n) is 3.20. The Labute approximate surface area is 144 Å². The Hall–Kier alpha value is -1.12. The number of hydrogen-bond donors (Lipinski definition) is 2. The number of methoxy groups -OCH3 is 1. The topological polar surface area (TPSA) is 75.6 Å². The normalized spacial score (nSPS) is 14.4. The molecule has 1 aromatic heterocycles. The largest absolute Gasteiger partial charge is 0.497 e. The minimum Gasteiger partial charge on any atom is -0.497 e. The van der Waals surface area contributed by atoms with Crippen LogP contribution in [0.2, 0.25) is 4.34 Å². The number of hydrogen-bond acceptors (Lipinski definition) is 5. The first-order valence-corrected chi connectivity index (χ1v) is 9.50.